The second-order valence-corrected chi connectivity index (χ2v) is 5.10. The largest absolute Gasteiger partial charge is 0.508 e. The molecule has 2 aromatic carbocycles. The van der Waals surface area contributed by atoms with Crippen molar-refractivity contribution in [2.75, 3.05) is 12.4 Å². The lowest BCUT2D eigenvalue weighted by atomic mass is 10.1. The number of phenolic OH excluding ortho intramolecular Hbond substituents is 1. The SMILES string of the molecule is COc1ccc(NC(C)CCc2ccc(O)cc2)cc1F. The summed E-state index contributed by atoms with van der Waals surface area (Å²) in [7, 11) is 1.45. The van der Waals surface area contributed by atoms with Crippen LogP contribution >= 0.6 is 0 Å². The first-order chi connectivity index (χ1) is 10.1. The Morgan fingerprint density at radius 3 is 2.52 bits per heavy atom. The fraction of sp³-hybridized carbons (Fsp3) is 0.294. The first-order valence-electron chi connectivity index (χ1n) is 6.96. The molecule has 0 aliphatic rings. The van der Waals surface area contributed by atoms with E-state index < -0.39 is 0 Å². The summed E-state index contributed by atoms with van der Waals surface area (Å²) in [6, 6.07) is 12.3. The molecule has 0 aliphatic carbocycles. The summed E-state index contributed by atoms with van der Waals surface area (Å²) in [6.45, 7) is 2.06. The van der Waals surface area contributed by atoms with Gasteiger partial charge < -0.3 is 15.2 Å². The van der Waals surface area contributed by atoms with Gasteiger partial charge in [0.15, 0.2) is 11.6 Å². The molecule has 2 N–H and O–H groups in total. The molecule has 0 fully saturated rings. The summed E-state index contributed by atoms with van der Waals surface area (Å²) >= 11 is 0. The van der Waals surface area contributed by atoms with Crippen LogP contribution in [-0.2, 0) is 6.42 Å². The lowest BCUT2D eigenvalue weighted by Crippen LogP contribution is -2.16. The Hall–Kier alpha value is -2.23. The molecular formula is C17H20FNO2. The average molecular weight is 289 g/mol. The third kappa shape index (κ3) is 4.38. The minimum absolute atomic E-state index is 0.214. The standard InChI is InChI=1S/C17H20FNO2/c1-12(3-4-13-5-8-15(20)9-6-13)19-14-7-10-17(21-2)16(18)11-14/h5-12,19-20H,3-4H2,1-2H3. The van der Waals surface area contributed by atoms with Crippen molar-refractivity contribution in [1.82, 2.24) is 0 Å². The van der Waals surface area contributed by atoms with Crippen LogP contribution in [0.2, 0.25) is 0 Å². The monoisotopic (exact) mass is 289 g/mol. The maximum Gasteiger partial charge on any atom is 0.167 e. The molecule has 1 unspecified atom stereocenters. The number of rotatable bonds is 6. The Morgan fingerprint density at radius 1 is 1.19 bits per heavy atom. The minimum Gasteiger partial charge on any atom is -0.508 e. The highest BCUT2D eigenvalue weighted by Gasteiger charge is 2.07. The Bertz CT molecular complexity index is 584. The first-order valence-corrected chi connectivity index (χ1v) is 6.96. The van der Waals surface area contributed by atoms with Crippen molar-refractivity contribution in [2.45, 2.75) is 25.8 Å². The van der Waals surface area contributed by atoms with E-state index >= 15 is 0 Å². The van der Waals surface area contributed by atoms with Crippen molar-refractivity contribution in [3.05, 3.63) is 53.8 Å². The zero-order valence-electron chi connectivity index (χ0n) is 12.3. The highest BCUT2D eigenvalue weighted by Crippen LogP contribution is 2.21. The zero-order chi connectivity index (χ0) is 15.2. The molecule has 0 amide bonds. The van der Waals surface area contributed by atoms with Crippen LogP contribution in [0.15, 0.2) is 42.5 Å². The van der Waals surface area contributed by atoms with E-state index in [1.807, 2.05) is 12.1 Å². The fourth-order valence-electron chi connectivity index (χ4n) is 2.16. The number of anilines is 1. The van der Waals surface area contributed by atoms with E-state index in [0.29, 0.717) is 0 Å². The molecule has 112 valence electrons. The van der Waals surface area contributed by atoms with Crippen molar-refractivity contribution in [2.24, 2.45) is 0 Å². The number of hydrogen-bond acceptors (Lipinski definition) is 3. The van der Waals surface area contributed by atoms with Crippen LogP contribution < -0.4 is 10.1 Å². The molecule has 0 heterocycles. The molecule has 0 saturated carbocycles. The Morgan fingerprint density at radius 2 is 1.90 bits per heavy atom. The van der Waals surface area contributed by atoms with Crippen LogP contribution in [0.3, 0.4) is 0 Å². The highest BCUT2D eigenvalue weighted by molar-refractivity contribution is 5.47. The van der Waals surface area contributed by atoms with Gasteiger partial charge in [0.1, 0.15) is 5.75 Å². The number of benzene rings is 2. The van der Waals surface area contributed by atoms with Crippen molar-refractivity contribution >= 4 is 5.69 Å². The van der Waals surface area contributed by atoms with Gasteiger partial charge in [-0.05, 0) is 49.6 Å². The van der Waals surface area contributed by atoms with Crippen LogP contribution in [0.1, 0.15) is 18.9 Å². The van der Waals surface area contributed by atoms with Gasteiger partial charge >= 0.3 is 0 Å². The van der Waals surface area contributed by atoms with E-state index in [9.17, 15) is 9.50 Å². The molecule has 21 heavy (non-hydrogen) atoms. The van der Waals surface area contributed by atoms with Crippen molar-refractivity contribution in [1.29, 1.82) is 0 Å². The normalized spacial score (nSPS) is 12.0. The van der Waals surface area contributed by atoms with Crippen LogP contribution in [0.5, 0.6) is 11.5 Å². The lowest BCUT2D eigenvalue weighted by molar-refractivity contribution is 0.386. The Labute approximate surface area is 124 Å². The maximum absolute atomic E-state index is 13.6. The van der Waals surface area contributed by atoms with Crippen LogP contribution in [0, 0.1) is 5.82 Å². The number of ether oxygens (including phenoxy) is 1. The second-order valence-electron chi connectivity index (χ2n) is 5.10. The molecule has 0 aromatic heterocycles. The molecule has 0 bridgehead atoms. The molecule has 2 rings (SSSR count). The number of aryl methyl sites for hydroxylation is 1. The molecule has 1 atom stereocenters. The summed E-state index contributed by atoms with van der Waals surface area (Å²) in [4.78, 5) is 0. The second kappa shape index (κ2) is 6.97. The predicted molar refractivity (Wildman–Crippen MR) is 82.5 cm³/mol. The summed E-state index contributed by atoms with van der Waals surface area (Å²) in [5.74, 6) is 0.157. The van der Waals surface area contributed by atoms with Gasteiger partial charge in [0.2, 0.25) is 0 Å². The number of aromatic hydroxyl groups is 1. The lowest BCUT2D eigenvalue weighted by Gasteiger charge is -2.16. The van der Waals surface area contributed by atoms with E-state index in [0.717, 1.165) is 18.5 Å². The topological polar surface area (TPSA) is 41.5 Å². The van der Waals surface area contributed by atoms with Crippen LogP contribution in [-0.4, -0.2) is 18.3 Å². The number of hydrogen-bond donors (Lipinski definition) is 2. The van der Waals surface area contributed by atoms with E-state index in [-0.39, 0.29) is 23.4 Å². The summed E-state index contributed by atoms with van der Waals surface area (Å²) in [5, 5.41) is 12.5. The first kappa shape index (κ1) is 15.2. The molecule has 0 aliphatic heterocycles. The van der Waals surface area contributed by atoms with E-state index in [1.165, 1.54) is 18.7 Å². The summed E-state index contributed by atoms with van der Waals surface area (Å²) in [5.41, 5.74) is 1.91. The number of methoxy groups -OCH3 is 1. The third-order valence-corrected chi connectivity index (χ3v) is 3.37. The van der Waals surface area contributed by atoms with Crippen molar-refractivity contribution < 1.29 is 14.2 Å². The van der Waals surface area contributed by atoms with Gasteiger partial charge in [0.05, 0.1) is 7.11 Å². The zero-order valence-corrected chi connectivity index (χ0v) is 12.3. The molecule has 0 saturated heterocycles. The van der Waals surface area contributed by atoms with Gasteiger partial charge in [-0.1, -0.05) is 12.1 Å². The highest BCUT2D eigenvalue weighted by atomic mass is 19.1. The molecule has 0 spiro atoms. The molecular weight excluding hydrogens is 269 g/mol. The van der Waals surface area contributed by atoms with Crippen LogP contribution in [0.4, 0.5) is 10.1 Å². The summed E-state index contributed by atoms with van der Waals surface area (Å²) < 4.78 is 18.5. The molecule has 3 nitrogen and oxygen atoms in total. The molecule has 0 radical (unpaired) electrons. The Kier molecular flexibility index (Phi) is 5.04. The third-order valence-electron chi connectivity index (χ3n) is 3.37. The van der Waals surface area contributed by atoms with E-state index in [1.54, 1.807) is 24.3 Å². The quantitative estimate of drug-likeness (QED) is 0.845. The van der Waals surface area contributed by atoms with E-state index in [2.05, 4.69) is 12.2 Å². The van der Waals surface area contributed by atoms with Gasteiger partial charge in [-0.15, -0.1) is 0 Å². The van der Waals surface area contributed by atoms with Crippen LogP contribution in [0.25, 0.3) is 0 Å². The number of nitrogens with one attached hydrogen (secondary N) is 1. The predicted octanol–water partition coefficient (Wildman–Crippen LogP) is 3.97. The minimum atomic E-state index is -0.367. The van der Waals surface area contributed by atoms with Gasteiger partial charge in [-0.3, -0.25) is 0 Å². The molecule has 4 heteroatoms. The Balaban J connectivity index is 1.88. The smallest absolute Gasteiger partial charge is 0.167 e. The van der Waals surface area contributed by atoms with E-state index in [4.69, 9.17) is 4.74 Å². The number of halogens is 1. The van der Waals surface area contributed by atoms with Crippen molar-refractivity contribution in [3.8, 4) is 11.5 Å². The van der Waals surface area contributed by atoms with Gasteiger partial charge in [0, 0.05) is 17.8 Å². The average Bonchev–Trinajstić information content (AvgIpc) is 2.47. The maximum atomic E-state index is 13.6. The van der Waals surface area contributed by atoms with Crippen molar-refractivity contribution in [3.63, 3.8) is 0 Å². The molecule has 2 aromatic rings. The fourth-order valence-corrected chi connectivity index (χ4v) is 2.16. The number of phenols is 1. The van der Waals surface area contributed by atoms with Gasteiger partial charge in [0.25, 0.3) is 0 Å². The summed E-state index contributed by atoms with van der Waals surface area (Å²) in [6.07, 6.45) is 1.81. The van der Waals surface area contributed by atoms with Gasteiger partial charge in [-0.25, -0.2) is 4.39 Å². The van der Waals surface area contributed by atoms with Gasteiger partial charge in [-0.2, -0.15) is 0 Å².